The van der Waals surface area contributed by atoms with E-state index in [0.29, 0.717) is 18.7 Å². The minimum Gasteiger partial charge on any atom is -0.396 e. The molecule has 0 saturated heterocycles. The molecule has 0 aliphatic heterocycles. The zero-order chi connectivity index (χ0) is 12.2. The van der Waals surface area contributed by atoms with Crippen molar-refractivity contribution in [1.82, 2.24) is 5.32 Å². The molecule has 0 aromatic heterocycles. The first-order valence-corrected chi connectivity index (χ1v) is 5.20. The average Bonchev–Trinajstić information content (AvgIpc) is 2.21. The maximum atomic E-state index is 13.2. The second-order valence-corrected chi connectivity index (χ2v) is 4.66. The zero-order valence-corrected chi connectivity index (χ0v) is 9.56. The summed E-state index contributed by atoms with van der Waals surface area (Å²) in [4.78, 5) is 0. The maximum absolute atomic E-state index is 13.2. The van der Waals surface area contributed by atoms with Crippen LogP contribution >= 0.6 is 0 Å². The van der Waals surface area contributed by atoms with Gasteiger partial charge in [-0.3, -0.25) is 0 Å². The molecule has 90 valence electrons. The second-order valence-electron chi connectivity index (χ2n) is 4.66. The van der Waals surface area contributed by atoms with Crippen LogP contribution in [0.15, 0.2) is 18.2 Å². The van der Waals surface area contributed by atoms with Gasteiger partial charge in [0.25, 0.3) is 0 Å². The summed E-state index contributed by atoms with van der Waals surface area (Å²) >= 11 is 0. The lowest BCUT2D eigenvalue weighted by Crippen LogP contribution is -2.32. The summed E-state index contributed by atoms with van der Waals surface area (Å²) in [5, 5.41) is 12.0. The number of halogens is 2. The number of benzene rings is 1. The molecule has 0 aliphatic carbocycles. The summed E-state index contributed by atoms with van der Waals surface area (Å²) < 4.78 is 25.8. The molecule has 1 rings (SSSR count). The number of aliphatic hydroxyl groups is 1. The van der Waals surface area contributed by atoms with Crippen molar-refractivity contribution in [3.63, 3.8) is 0 Å². The first-order chi connectivity index (χ1) is 7.44. The van der Waals surface area contributed by atoms with Crippen LogP contribution in [0.3, 0.4) is 0 Å². The van der Waals surface area contributed by atoms with Crippen LogP contribution in [-0.4, -0.2) is 18.3 Å². The van der Waals surface area contributed by atoms with Crippen molar-refractivity contribution in [2.45, 2.75) is 20.4 Å². The molecule has 1 aromatic carbocycles. The molecule has 0 bridgehead atoms. The van der Waals surface area contributed by atoms with E-state index in [-0.39, 0.29) is 12.0 Å². The Bertz CT molecular complexity index is 353. The van der Waals surface area contributed by atoms with Crippen molar-refractivity contribution >= 4 is 0 Å². The first-order valence-electron chi connectivity index (χ1n) is 5.20. The van der Waals surface area contributed by atoms with Gasteiger partial charge in [-0.1, -0.05) is 19.9 Å². The van der Waals surface area contributed by atoms with Crippen LogP contribution in [0.2, 0.25) is 0 Å². The predicted octanol–water partition coefficient (Wildman–Crippen LogP) is 2.07. The lowest BCUT2D eigenvalue weighted by molar-refractivity contribution is 0.156. The lowest BCUT2D eigenvalue weighted by Gasteiger charge is -2.22. The van der Waals surface area contributed by atoms with Crippen LogP contribution < -0.4 is 5.32 Å². The van der Waals surface area contributed by atoms with E-state index in [1.54, 1.807) is 0 Å². The Kier molecular flexibility index (Phi) is 4.38. The Hall–Kier alpha value is -1.00. The van der Waals surface area contributed by atoms with E-state index in [1.807, 2.05) is 13.8 Å². The van der Waals surface area contributed by atoms with E-state index >= 15 is 0 Å². The van der Waals surface area contributed by atoms with Crippen molar-refractivity contribution in [2.24, 2.45) is 5.41 Å². The fourth-order valence-electron chi connectivity index (χ4n) is 1.26. The highest BCUT2D eigenvalue weighted by Crippen LogP contribution is 2.13. The number of aliphatic hydroxyl groups excluding tert-OH is 1. The van der Waals surface area contributed by atoms with Crippen molar-refractivity contribution in [3.8, 4) is 0 Å². The Labute approximate surface area is 94.3 Å². The Morgan fingerprint density at radius 1 is 1.31 bits per heavy atom. The molecular formula is C12H17F2NO. The van der Waals surface area contributed by atoms with Gasteiger partial charge < -0.3 is 10.4 Å². The molecule has 0 aliphatic rings. The monoisotopic (exact) mass is 229 g/mol. The van der Waals surface area contributed by atoms with Crippen LogP contribution in [-0.2, 0) is 6.54 Å². The summed E-state index contributed by atoms with van der Waals surface area (Å²) in [6.45, 7) is 4.77. The Balaban J connectivity index is 2.49. The van der Waals surface area contributed by atoms with E-state index in [1.165, 1.54) is 12.1 Å². The molecule has 0 fully saturated rings. The van der Waals surface area contributed by atoms with Gasteiger partial charge in [-0.15, -0.1) is 0 Å². The van der Waals surface area contributed by atoms with Crippen LogP contribution in [0.5, 0.6) is 0 Å². The summed E-state index contributed by atoms with van der Waals surface area (Å²) in [7, 11) is 0. The molecule has 0 heterocycles. The van der Waals surface area contributed by atoms with Gasteiger partial charge in [-0.25, -0.2) is 8.78 Å². The molecule has 0 atom stereocenters. The third-order valence-corrected chi connectivity index (χ3v) is 2.36. The quantitative estimate of drug-likeness (QED) is 0.810. The molecule has 1 aromatic rings. The van der Waals surface area contributed by atoms with E-state index < -0.39 is 11.6 Å². The Morgan fingerprint density at radius 2 is 2.00 bits per heavy atom. The topological polar surface area (TPSA) is 32.3 Å². The fraction of sp³-hybridized carbons (Fsp3) is 0.500. The lowest BCUT2D eigenvalue weighted by atomic mass is 9.95. The molecular weight excluding hydrogens is 212 g/mol. The summed E-state index contributed by atoms with van der Waals surface area (Å²) in [6.07, 6.45) is 0. The SMILES string of the molecule is CC(C)(CO)CNCc1ccc(F)cc1F. The van der Waals surface area contributed by atoms with E-state index in [0.717, 1.165) is 6.07 Å². The van der Waals surface area contributed by atoms with Crippen molar-refractivity contribution in [1.29, 1.82) is 0 Å². The molecule has 0 saturated carbocycles. The molecule has 16 heavy (non-hydrogen) atoms. The van der Waals surface area contributed by atoms with Gasteiger partial charge in [-0.05, 0) is 6.07 Å². The molecule has 0 amide bonds. The standard InChI is InChI=1S/C12H17F2NO/c1-12(2,8-16)7-15-6-9-3-4-10(13)5-11(9)14/h3-5,15-16H,6-8H2,1-2H3. The van der Waals surface area contributed by atoms with Crippen molar-refractivity contribution in [3.05, 3.63) is 35.4 Å². The van der Waals surface area contributed by atoms with Gasteiger partial charge in [0.1, 0.15) is 11.6 Å². The summed E-state index contributed by atoms with van der Waals surface area (Å²) in [5.41, 5.74) is 0.186. The highest BCUT2D eigenvalue weighted by Gasteiger charge is 2.15. The third-order valence-electron chi connectivity index (χ3n) is 2.36. The van der Waals surface area contributed by atoms with E-state index in [9.17, 15) is 8.78 Å². The molecule has 2 N–H and O–H groups in total. The number of nitrogens with one attached hydrogen (secondary N) is 1. The molecule has 4 heteroatoms. The summed E-state index contributed by atoms with van der Waals surface area (Å²) in [5.74, 6) is -1.12. The van der Waals surface area contributed by atoms with Gasteiger partial charge in [-0.2, -0.15) is 0 Å². The minimum atomic E-state index is -0.572. The third kappa shape index (κ3) is 3.87. The van der Waals surface area contributed by atoms with Crippen molar-refractivity contribution in [2.75, 3.05) is 13.2 Å². The van der Waals surface area contributed by atoms with E-state index in [4.69, 9.17) is 5.11 Å². The van der Waals surface area contributed by atoms with Gasteiger partial charge in [0.05, 0.1) is 0 Å². The number of hydrogen-bond donors (Lipinski definition) is 2. The highest BCUT2D eigenvalue weighted by molar-refractivity contribution is 5.18. The number of hydrogen-bond acceptors (Lipinski definition) is 2. The van der Waals surface area contributed by atoms with Crippen LogP contribution in [0, 0.1) is 17.0 Å². The van der Waals surface area contributed by atoms with Crippen molar-refractivity contribution < 1.29 is 13.9 Å². The van der Waals surface area contributed by atoms with E-state index in [2.05, 4.69) is 5.32 Å². The highest BCUT2D eigenvalue weighted by atomic mass is 19.1. The maximum Gasteiger partial charge on any atom is 0.130 e. The molecule has 0 spiro atoms. The van der Waals surface area contributed by atoms with Crippen LogP contribution in [0.25, 0.3) is 0 Å². The second kappa shape index (κ2) is 5.37. The van der Waals surface area contributed by atoms with Crippen LogP contribution in [0.1, 0.15) is 19.4 Å². The smallest absolute Gasteiger partial charge is 0.130 e. The fourth-order valence-corrected chi connectivity index (χ4v) is 1.26. The first kappa shape index (κ1) is 13.1. The van der Waals surface area contributed by atoms with Gasteiger partial charge in [0, 0.05) is 36.7 Å². The molecule has 0 radical (unpaired) electrons. The van der Waals surface area contributed by atoms with Gasteiger partial charge >= 0.3 is 0 Å². The normalized spacial score (nSPS) is 11.8. The zero-order valence-electron chi connectivity index (χ0n) is 9.56. The van der Waals surface area contributed by atoms with Gasteiger partial charge in [0.15, 0.2) is 0 Å². The predicted molar refractivity (Wildman–Crippen MR) is 58.9 cm³/mol. The molecule has 0 unspecified atom stereocenters. The largest absolute Gasteiger partial charge is 0.396 e. The summed E-state index contributed by atoms with van der Waals surface area (Å²) in [6, 6.07) is 3.52. The minimum absolute atomic E-state index is 0.0614. The van der Waals surface area contributed by atoms with Gasteiger partial charge in [0.2, 0.25) is 0 Å². The number of rotatable bonds is 5. The van der Waals surface area contributed by atoms with Crippen LogP contribution in [0.4, 0.5) is 8.78 Å². The average molecular weight is 229 g/mol. The molecule has 2 nitrogen and oxygen atoms in total. The Morgan fingerprint density at radius 3 is 2.56 bits per heavy atom.